The Bertz CT molecular complexity index is 446. The van der Waals surface area contributed by atoms with Crippen LogP contribution in [0.25, 0.3) is 0 Å². The zero-order valence-electron chi connectivity index (χ0n) is 9.94. The van der Waals surface area contributed by atoms with E-state index < -0.39 is 0 Å². The van der Waals surface area contributed by atoms with E-state index in [4.69, 9.17) is 0 Å². The van der Waals surface area contributed by atoms with Crippen LogP contribution in [0.4, 0.5) is 11.5 Å². The van der Waals surface area contributed by atoms with Gasteiger partial charge in [-0.25, -0.2) is 4.98 Å². The first-order valence-electron chi connectivity index (χ1n) is 6.26. The number of anilines is 2. The molecule has 0 bridgehead atoms. The summed E-state index contributed by atoms with van der Waals surface area (Å²) in [5, 5.41) is 6.83. The van der Waals surface area contributed by atoms with Gasteiger partial charge in [-0.05, 0) is 31.9 Å². The first kappa shape index (κ1) is 10.6. The van der Waals surface area contributed by atoms with E-state index in [1.54, 1.807) is 6.20 Å². The number of nitrogens with one attached hydrogen (secondary N) is 2. The fourth-order valence-electron chi connectivity index (χ4n) is 3.00. The lowest BCUT2D eigenvalue weighted by molar-refractivity contribution is -0.125. The zero-order chi connectivity index (χ0) is 11.8. The zero-order valence-corrected chi connectivity index (χ0v) is 9.94. The maximum atomic E-state index is 12.0. The standard InChI is InChI=1S/C13H17N3O/c1-8-12-9(4-2-6-11(12)17)16-10-5-3-7-14-13(10)15-8/h3,5,7-9,12,16H,2,4,6H2,1H3,(H,14,15)/t8-,9-,12+/m0/s1. The van der Waals surface area contributed by atoms with Crippen molar-refractivity contribution in [3.8, 4) is 0 Å². The molecule has 2 heterocycles. The summed E-state index contributed by atoms with van der Waals surface area (Å²) >= 11 is 0. The molecule has 1 aromatic heterocycles. The minimum Gasteiger partial charge on any atom is -0.379 e. The van der Waals surface area contributed by atoms with Gasteiger partial charge in [-0.1, -0.05) is 0 Å². The lowest BCUT2D eigenvalue weighted by Crippen LogP contribution is -2.44. The minimum atomic E-state index is 0.0675. The third kappa shape index (κ3) is 1.77. The van der Waals surface area contributed by atoms with Gasteiger partial charge in [0.25, 0.3) is 0 Å². The van der Waals surface area contributed by atoms with Crippen molar-refractivity contribution in [2.75, 3.05) is 10.6 Å². The monoisotopic (exact) mass is 231 g/mol. The lowest BCUT2D eigenvalue weighted by Gasteiger charge is -2.32. The van der Waals surface area contributed by atoms with Crippen LogP contribution in [0.1, 0.15) is 26.2 Å². The second-order valence-electron chi connectivity index (χ2n) is 4.97. The van der Waals surface area contributed by atoms with E-state index in [1.807, 2.05) is 12.1 Å². The van der Waals surface area contributed by atoms with Crippen LogP contribution in [0, 0.1) is 5.92 Å². The number of aromatic nitrogens is 1. The van der Waals surface area contributed by atoms with Crippen molar-refractivity contribution < 1.29 is 4.79 Å². The molecule has 3 atom stereocenters. The number of pyridine rings is 1. The van der Waals surface area contributed by atoms with Gasteiger partial charge in [-0.2, -0.15) is 0 Å². The van der Waals surface area contributed by atoms with Gasteiger partial charge in [0.1, 0.15) is 11.6 Å². The van der Waals surface area contributed by atoms with Crippen LogP contribution in [0.15, 0.2) is 18.3 Å². The van der Waals surface area contributed by atoms with Crippen LogP contribution in [-0.4, -0.2) is 22.9 Å². The van der Waals surface area contributed by atoms with Crippen LogP contribution < -0.4 is 10.6 Å². The summed E-state index contributed by atoms with van der Waals surface area (Å²) in [7, 11) is 0. The van der Waals surface area contributed by atoms with E-state index >= 15 is 0 Å². The molecule has 1 aromatic rings. The largest absolute Gasteiger partial charge is 0.379 e. The first-order valence-corrected chi connectivity index (χ1v) is 6.26. The summed E-state index contributed by atoms with van der Waals surface area (Å²) in [4.78, 5) is 16.4. The van der Waals surface area contributed by atoms with E-state index in [0.717, 1.165) is 30.8 Å². The maximum absolute atomic E-state index is 12.0. The molecule has 0 unspecified atom stereocenters. The molecule has 17 heavy (non-hydrogen) atoms. The maximum Gasteiger partial charge on any atom is 0.149 e. The van der Waals surface area contributed by atoms with Gasteiger partial charge >= 0.3 is 0 Å². The van der Waals surface area contributed by atoms with Crippen molar-refractivity contribution >= 4 is 17.3 Å². The molecule has 1 aliphatic heterocycles. The van der Waals surface area contributed by atoms with Gasteiger partial charge in [0.2, 0.25) is 0 Å². The molecule has 0 radical (unpaired) electrons. The molecule has 1 aliphatic carbocycles. The Labute approximate surface area is 101 Å². The Balaban J connectivity index is 1.97. The summed E-state index contributed by atoms with van der Waals surface area (Å²) < 4.78 is 0. The predicted octanol–water partition coefficient (Wildman–Crippen LogP) is 2.05. The predicted molar refractivity (Wildman–Crippen MR) is 67.1 cm³/mol. The van der Waals surface area contributed by atoms with Crippen molar-refractivity contribution in [1.29, 1.82) is 0 Å². The normalized spacial score (nSPS) is 31.6. The summed E-state index contributed by atoms with van der Waals surface area (Å²) in [5.74, 6) is 1.31. The van der Waals surface area contributed by atoms with Crippen LogP contribution in [0.5, 0.6) is 0 Å². The number of carbonyl (C=O) groups excluding carboxylic acids is 1. The summed E-state index contributed by atoms with van der Waals surface area (Å²) in [5.41, 5.74) is 1.02. The Morgan fingerprint density at radius 3 is 3.18 bits per heavy atom. The van der Waals surface area contributed by atoms with Crippen LogP contribution in [0.3, 0.4) is 0 Å². The van der Waals surface area contributed by atoms with Gasteiger partial charge in [0, 0.05) is 24.7 Å². The van der Waals surface area contributed by atoms with Crippen molar-refractivity contribution in [3.63, 3.8) is 0 Å². The minimum absolute atomic E-state index is 0.0675. The van der Waals surface area contributed by atoms with E-state index in [-0.39, 0.29) is 18.0 Å². The van der Waals surface area contributed by atoms with E-state index in [0.29, 0.717) is 5.78 Å². The molecular weight excluding hydrogens is 214 g/mol. The molecule has 0 spiro atoms. The SMILES string of the molecule is C[C@@H]1Nc2ncccc2N[C@H]2CCCC(=O)[C@H]12. The van der Waals surface area contributed by atoms with Crippen molar-refractivity contribution in [2.24, 2.45) is 5.92 Å². The van der Waals surface area contributed by atoms with E-state index in [2.05, 4.69) is 22.5 Å². The molecule has 0 aromatic carbocycles. The molecule has 2 aliphatic rings. The summed E-state index contributed by atoms with van der Waals surface area (Å²) in [6.45, 7) is 2.08. The molecule has 0 saturated heterocycles. The molecule has 1 saturated carbocycles. The van der Waals surface area contributed by atoms with Gasteiger partial charge in [-0.15, -0.1) is 0 Å². The average molecular weight is 231 g/mol. The van der Waals surface area contributed by atoms with Gasteiger partial charge in [0.15, 0.2) is 0 Å². The Morgan fingerprint density at radius 2 is 2.29 bits per heavy atom. The summed E-state index contributed by atoms with van der Waals surface area (Å²) in [6, 6.07) is 4.34. The number of carbonyl (C=O) groups is 1. The Kier molecular flexibility index (Phi) is 2.50. The van der Waals surface area contributed by atoms with Gasteiger partial charge < -0.3 is 10.6 Å². The number of Topliss-reactive ketones (excluding diaryl/α,β-unsaturated/α-hetero) is 1. The van der Waals surface area contributed by atoms with Crippen molar-refractivity contribution in [3.05, 3.63) is 18.3 Å². The number of nitrogens with zero attached hydrogens (tertiary/aromatic N) is 1. The number of rotatable bonds is 0. The Hall–Kier alpha value is -1.58. The number of hydrogen-bond donors (Lipinski definition) is 2. The van der Waals surface area contributed by atoms with Crippen LogP contribution in [0.2, 0.25) is 0 Å². The molecule has 3 rings (SSSR count). The molecule has 4 nitrogen and oxygen atoms in total. The topological polar surface area (TPSA) is 54.0 Å². The van der Waals surface area contributed by atoms with Crippen molar-refractivity contribution in [1.82, 2.24) is 4.98 Å². The number of fused-ring (bicyclic) bond motifs is 2. The molecule has 2 N–H and O–H groups in total. The molecule has 90 valence electrons. The lowest BCUT2D eigenvalue weighted by atomic mass is 9.79. The van der Waals surface area contributed by atoms with Crippen LogP contribution in [-0.2, 0) is 4.79 Å². The highest BCUT2D eigenvalue weighted by Crippen LogP contribution is 2.33. The quantitative estimate of drug-likeness (QED) is 0.717. The third-order valence-corrected chi connectivity index (χ3v) is 3.80. The Morgan fingerprint density at radius 1 is 1.41 bits per heavy atom. The number of ketones is 1. The van der Waals surface area contributed by atoms with E-state index in [1.165, 1.54) is 0 Å². The molecule has 4 heteroatoms. The van der Waals surface area contributed by atoms with Crippen molar-refractivity contribution in [2.45, 2.75) is 38.3 Å². The third-order valence-electron chi connectivity index (χ3n) is 3.80. The second kappa shape index (κ2) is 4.02. The highest BCUT2D eigenvalue weighted by atomic mass is 16.1. The fourth-order valence-corrected chi connectivity index (χ4v) is 3.00. The highest BCUT2D eigenvalue weighted by molar-refractivity contribution is 5.85. The van der Waals surface area contributed by atoms with Gasteiger partial charge in [-0.3, -0.25) is 4.79 Å². The van der Waals surface area contributed by atoms with Crippen LogP contribution >= 0.6 is 0 Å². The first-order chi connectivity index (χ1) is 8.25. The smallest absolute Gasteiger partial charge is 0.149 e. The highest BCUT2D eigenvalue weighted by Gasteiger charge is 2.38. The molecule has 0 amide bonds. The molecular formula is C13H17N3O. The number of hydrogen-bond acceptors (Lipinski definition) is 4. The second-order valence-corrected chi connectivity index (χ2v) is 4.97. The van der Waals surface area contributed by atoms with Gasteiger partial charge in [0.05, 0.1) is 11.6 Å². The summed E-state index contributed by atoms with van der Waals surface area (Å²) in [6.07, 6.45) is 4.56. The fraction of sp³-hybridized carbons (Fsp3) is 0.538. The molecule has 1 fully saturated rings. The average Bonchev–Trinajstić information content (AvgIpc) is 2.45. The van der Waals surface area contributed by atoms with E-state index in [9.17, 15) is 4.79 Å².